The SMILES string of the molecule is COc1cccc(COc2cccc(CCN)c2)n1. The van der Waals surface area contributed by atoms with Crippen LogP contribution in [0.4, 0.5) is 0 Å². The van der Waals surface area contributed by atoms with E-state index in [1.54, 1.807) is 7.11 Å². The van der Waals surface area contributed by atoms with Crippen LogP contribution in [0.25, 0.3) is 0 Å². The third-order valence-electron chi connectivity index (χ3n) is 2.71. The van der Waals surface area contributed by atoms with Gasteiger partial charge in [-0.15, -0.1) is 0 Å². The van der Waals surface area contributed by atoms with Crippen LogP contribution in [-0.4, -0.2) is 18.6 Å². The molecule has 0 atom stereocenters. The summed E-state index contributed by atoms with van der Waals surface area (Å²) in [6.07, 6.45) is 0.856. The molecule has 0 saturated heterocycles. The molecule has 2 aromatic rings. The van der Waals surface area contributed by atoms with Gasteiger partial charge in [-0.05, 0) is 36.7 Å². The van der Waals surface area contributed by atoms with Crippen LogP contribution in [-0.2, 0) is 13.0 Å². The smallest absolute Gasteiger partial charge is 0.213 e. The third-order valence-corrected chi connectivity index (χ3v) is 2.71. The number of ether oxygens (including phenoxy) is 2. The molecule has 0 fully saturated rings. The van der Waals surface area contributed by atoms with Crippen molar-refractivity contribution >= 4 is 0 Å². The molecule has 19 heavy (non-hydrogen) atoms. The molecule has 0 aliphatic rings. The quantitative estimate of drug-likeness (QED) is 0.862. The van der Waals surface area contributed by atoms with Crippen molar-refractivity contribution in [2.45, 2.75) is 13.0 Å². The van der Waals surface area contributed by atoms with Crippen molar-refractivity contribution in [2.75, 3.05) is 13.7 Å². The Bertz CT molecular complexity index is 529. The van der Waals surface area contributed by atoms with E-state index < -0.39 is 0 Å². The first kappa shape index (κ1) is 13.4. The molecule has 4 nitrogen and oxygen atoms in total. The van der Waals surface area contributed by atoms with Crippen molar-refractivity contribution in [3.05, 3.63) is 53.7 Å². The van der Waals surface area contributed by atoms with Crippen molar-refractivity contribution in [3.63, 3.8) is 0 Å². The van der Waals surface area contributed by atoms with Gasteiger partial charge in [0.1, 0.15) is 12.4 Å². The highest BCUT2D eigenvalue weighted by molar-refractivity contribution is 5.29. The molecule has 100 valence electrons. The summed E-state index contributed by atoms with van der Waals surface area (Å²) in [6.45, 7) is 1.06. The van der Waals surface area contributed by atoms with Gasteiger partial charge < -0.3 is 15.2 Å². The molecule has 0 unspecified atom stereocenters. The second-order valence-corrected chi connectivity index (χ2v) is 4.15. The summed E-state index contributed by atoms with van der Waals surface area (Å²) in [6, 6.07) is 13.6. The van der Waals surface area contributed by atoms with Gasteiger partial charge in [-0.3, -0.25) is 0 Å². The summed E-state index contributed by atoms with van der Waals surface area (Å²) < 4.78 is 10.8. The van der Waals surface area contributed by atoms with Gasteiger partial charge in [0.2, 0.25) is 5.88 Å². The summed E-state index contributed by atoms with van der Waals surface area (Å²) in [7, 11) is 1.60. The minimum atomic E-state index is 0.420. The highest BCUT2D eigenvalue weighted by Gasteiger charge is 2.00. The Kier molecular flexibility index (Phi) is 4.75. The minimum Gasteiger partial charge on any atom is -0.487 e. The molecule has 0 aliphatic carbocycles. The highest BCUT2D eigenvalue weighted by Crippen LogP contribution is 2.15. The largest absolute Gasteiger partial charge is 0.487 e. The summed E-state index contributed by atoms with van der Waals surface area (Å²) in [5.41, 5.74) is 7.56. The molecule has 0 amide bonds. The zero-order valence-electron chi connectivity index (χ0n) is 11.0. The number of hydrogen-bond donors (Lipinski definition) is 1. The van der Waals surface area contributed by atoms with Gasteiger partial charge in [-0.1, -0.05) is 18.2 Å². The number of pyridine rings is 1. The fraction of sp³-hybridized carbons (Fsp3) is 0.267. The zero-order chi connectivity index (χ0) is 13.5. The van der Waals surface area contributed by atoms with Crippen LogP contribution in [0.5, 0.6) is 11.6 Å². The van der Waals surface area contributed by atoms with E-state index in [1.165, 1.54) is 5.56 Å². The zero-order valence-corrected chi connectivity index (χ0v) is 11.0. The second-order valence-electron chi connectivity index (χ2n) is 4.15. The van der Waals surface area contributed by atoms with Crippen molar-refractivity contribution in [3.8, 4) is 11.6 Å². The maximum absolute atomic E-state index is 5.72. The highest BCUT2D eigenvalue weighted by atomic mass is 16.5. The Morgan fingerprint density at radius 3 is 2.79 bits per heavy atom. The van der Waals surface area contributed by atoms with Gasteiger partial charge in [-0.25, -0.2) is 4.98 Å². The number of nitrogens with zero attached hydrogens (tertiary/aromatic N) is 1. The van der Waals surface area contributed by atoms with Crippen LogP contribution in [0.1, 0.15) is 11.3 Å². The number of nitrogens with two attached hydrogens (primary N) is 1. The Morgan fingerprint density at radius 1 is 1.16 bits per heavy atom. The lowest BCUT2D eigenvalue weighted by Crippen LogP contribution is -2.03. The normalized spacial score (nSPS) is 10.2. The fourth-order valence-corrected chi connectivity index (χ4v) is 1.77. The molecule has 1 aromatic heterocycles. The number of rotatable bonds is 6. The van der Waals surface area contributed by atoms with Gasteiger partial charge in [-0.2, -0.15) is 0 Å². The second kappa shape index (κ2) is 6.75. The molecule has 1 aromatic carbocycles. The Balaban J connectivity index is 1.99. The van der Waals surface area contributed by atoms with E-state index in [4.69, 9.17) is 15.2 Å². The van der Waals surface area contributed by atoms with Crippen LogP contribution in [0.3, 0.4) is 0 Å². The molecule has 0 spiro atoms. The van der Waals surface area contributed by atoms with E-state index in [0.717, 1.165) is 17.9 Å². The molecular formula is C15H18N2O2. The minimum absolute atomic E-state index is 0.420. The van der Waals surface area contributed by atoms with E-state index >= 15 is 0 Å². The molecule has 0 bridgehead atoms. The average Bonchev–Trinajstić information content (AvgIpc) is 2.46. The van der Waals surface area contributed by atoms with Gasteiger partial charge in [0.25, 0.3) is 0 Å². The average molecular weight is 258 g/mol. The summed E-state index contributed by atoms with van der Waals surface area (Å²) in [4.78, 5) is 4.30. The number of benzene rings is 1. The van der Waals surface area contributed by atoms with Gasteiger partial charge in [0.05, 0.1) is 12.8 Å². The molecule has 2 N–H and O–H groups in total. The van der Waals surface area contributed by atoms with Crippen LogP contribution >= 0.6 is 0 Å². The molecule has 4 heteroatoms. The van der Waals surface area contributed by atoms with Crippen LogP contribution in [0, 0.1) is 0 Å². The number of hydrogen-bond acceptors (Lipinski definition) is 4. The van der Waals surface area contributed by atoms with Crippen molar-refractivity contribution in [1.82, 2.24) is 4.98 Å². The predicted octanol–water partition coefficient (Wildman–Crippen LogP) is 2.17. The van der Waals surface area contributed by atoms with E-state index in [0.29, 0.717) is 19.0 Å². The van der Waals surface area contributed by atoms with Crippen LogP contribution in [0.15, 0.2) is 42.5 Å². The Labute approximate surface area is 113 Å². The number of methoxy groups -OCH3 is 1. The van der Waals surface area contributed by atoms with Crippen LogP contribution < -0.4 is 15.2 Å². The van der Waals surface area contributed by atoms with E-state index in [9.17, 15) is 0 Å². The van der Waals surface area contributed by atoms with Gasteiger partial charge in [0, 0.05) is 6.07 Å². The molecule has 0 radical (unpaired) electrons. The van der Waals surface area contributed by atoms with Crippen molar-refractivity contribution in [1.29, 1.82) is 0 Å². The summed E-state index contributed by atoms with van der Waals surface area (Å²) in [5.74, 6) is 1.42. The van der Waals surface area contributed by atoms with Crippen molar-refractivity contribution < 1.29 is 9.47 Å². The first-order valence-electron chi connectivity index (χ1n) is 6.23. The Morgan fingerprint density at radius 2 is 2.00 bits per heavy atom. The van der Waals surface area contributed by atoms with Gasteiger partial charge in [0.15, 0.2) is 0 Å². The molecular weight excluding hydrogens is 240 g/mol. The van der Waals surface area contributed by atoms with Crippen LogP contribution in [0.2, 0.25) is 0 Å². The predicted molar refractivity (Wildman–Crippen MR) is 74.3 cm³/mol. The molecule has 0 saturated carbocycles. The first-order valence-corrected chi connectivity index (χ1v) is 6.23. The fourth-order valence-electron chi connectivity index (χ4n) is 1.77. The molecule has 2 rings (SSSR count). The summed E-state index contributed by atoms with van der Waals surface area (Å²) in [5, 5.41) is 0. The topological polar surface area (TPSA) is 57.4 Å². The van der Waals surface area contributed by atoms with E-state index in [2.05, 4.69) is 4.98 Å². The van der Waals surface area contributed by atoms with Gasteiger partial charge >= 0.3 is 0 Å². The lowest BCUT2D eigenvalue weighted by molar-refractivity contribution is 0.298. The molecule has 1 heterocycles. The molecule has 0 aliphatic heterocycles. The van der Waals surface area contributed by atoms with E-state index in [1.807, 2.05) is 42.5 Å². The standard InChI is InChI=1S/C15H18N2O2/c1-18-15-7-3-5-13(17-15)11-19-14-6-2-4-12(10-14)8-9-16/h2-7,10H,8-9,11,16H2,1H3. The maximum Gasteiger partial charge on any atom is 0.213 e. The third kappa shape index (κ3) is 3.96. The van der Waals surface area contributed by atoms with E-state index in [-0.39, 0.29) is 0 Å². The first-order chi connectivity index (χ1) is 9.31. The lowest BCUT2D eigenvalue weighted by Gasteiger charge is -2.08. The number of aromatic nitrogens is 1. The summed E-state index contributed by atoms with van der Waals surface area (Å²) >= 11 is 0. The monoisotopic (exact) mass is 258 g/mol. The lowest BCUT2D eigenvalue weighted by atomic mass is 10.1. The maximum atomic E-state index is 5.72. The Hall–Kier alpha value is -2.07. The van der Waals surface area contributed by atoms with Crippen molar-refractivity contribution in [2.24, 2.45) is 5.73 Å².